The third-order valence-electron chi connectivity index (χ3n) is 5.04. The van der Waals surface area contributed by atoms with E-state index in [1.807, 2.05) is 12.1 Å². The Morgan fingerprint density at radius 1 is 0.759 bits per heavy atom. The van der Waals surface area contributed by atoms with Crippen LogP contribution in [0.25, 0.3) is 33.0 Å². The highest BCUT2D eigenvalue weighted by Crippen LogP contribution is 2.34. The Kier molecular flexibility index (Phi) is 5.33. The van der Waals surface area contributed by atoms with Gasteiger partial charge in [-0.05, 0) is 52.8 Å². The molecule has 0 fully saturated rings. The van der Waals surface area contributed by atoms with Gasteiger partial charge in [0.15, 0.2) is 0 Å². The molecule has 4 heteroatoms. The molecule has 0 saturated carbocycles. The van der Waals surface area contributed by atoms with Gasteiger partial charge < -0.3 is 0 Å². The standard InChI is InChI=1S/C25H18ClF3/c1-2-3-15-4-10-20-17(12-15)7-11-21(25(20)29)18-13-22(27)24(23(28)14-18)16-5-8-19(26)9-6-16/h4-14H,2-3H2,1H3. The molecule has 0 unspecified atom stereocenters. The fraction of sp³-hybridized carbons (Fsp3) is 0.120. The Labute approximate surface area is 172 Å². The molecule has 0 atom stereocenters. The van der Waals surface area contributed by atoms with Crippen LogP contribution in [0.2, 0.25) is 5.02 Å². The largest absolute Gasteiger partial charge is 0.206 e. The van der Waals surface area contributed by atoms with Gasteiger partial charge in [0.25, 0.3) is 0 Å². The SMILES string of the molecule is CCCc1ccc2c(F)c(-c3cc(F)c(-c4ccc(Cl)cc4)c(F)c3)ccc2c1. The average molecular weight is 411 g/mol. The van der Waals surface area contributed by atoms with Crippen LogP contribution >= 0.6 is 11.6 Å². The van der Waals surface area contributed by atoms with Crippen molar-refractivity contribution in [1.82, 2.24) is 0 Å². The topological polar surface area (TPSA) is 0 Å². The lowest BCUT2D eigenvalue weighted by molar-refractivity contribution is 0.590. The molecule has 0 aliphatic rings. The molecule has 4 rings (SSSR count). The summed E-state index contributed by atoms with van der Waals surface area (Å²) in [5.74, 6) is -1.98. The summed E-state index contributed by atoms with van der Waals surface area (Å²) in [5.41, 5.74) is 1.68. The minimum Gasteiger partial charge on any atom is -0.206 e. The predicted octanol–water partition coefficient (Wildman–Crippen LogP) is 8.20. The van der Waals surface area contributed by atoms with Crippen LogP contribution in [0.3, 0.4) is 0 Å². The second-order valence-electron chi connectivity index (χ2n) is 7.05. The Hall–Kier alpha value is -2.78. The Bertz CT molecular complexity index is 1170. The van der Waals surface area contributed by atoms with Crippen LogP contribution < -0.4 is 0 Å². The van der Waals surface area contributed by atoms with Gasteiger partial charge in [0.2, 0.25) is 0 Å². The molecule has 0 spiro atoms. The summed E-state index contributed by atoms with van der Waals surface area (Å²) in [6, 6.07) is 17.5. The lowest BCUT2D eigenvalue weighted by Gasteiger charge is -2.11. The van der Waals surface area contributed by atoms with Gasteiger partial charge >= 0.3 is 0 Å². The van der Waals surface area contributed by atoms with Gasteiger partial charge in [-0.25, -0.2) is 13.2 Å². The van der Waals surface area contributed by atoms with Crippen molar-refractivity contribution in [2.45, 2.75) is 19.8 Å². The molecule has 0 nitrogen and oxygen atoms in total. The third-order valence-corrected chi connectivity index (χ3v) is 5.30. The highest BCUT2D eigenvalue weighted by Gasteiger charge is 2.17. The highest BCUT2D eigenvalue weighted by atomic mass is 35.5. The van der Waals surface area contributed by atoms with Gasteiger partial charge in [0, 0.05) is 16.0 Å². The van der Waals surface area contributed by atoms with E-state index in [0.717, 1.165) is 23.8 Å². The molecule has 0 aromatic heterocycles. The molecular formula is C25H18ClF3. The second-order valence-corrected chi connectivity index (χ2v) is 7.49. The van der Waals surface area contributed by atoms with E-state index in [1.54, 1.807) is 42.5 Å². The van der Waals surface area contributed by atoms with Crippen molar-refractivity contribution in [2.24, 2.45) is 0 Å². The Morgan fingerprint density at radius 2 is 1.45 bits per heavy atom. The summed E-state index contributed by atoms with van der Waals surface area (Å²) in [7, 11) is 0. The average Bonchev–Trinajstić information content (AvgIpc) is 2.69. The van der Waals surface area contributed by atoms with Crippen molar-refractivity contribution in [3.05, 3.63) is 94.8 Å². The maximum absolute atomic E-state index is 15.1. The Morgan fingerprint density at radius 3 is 2.10 bits per heavy atom. The minimum absolute atomic E-state index is 0.157. The summed E-state index contributed by atoms with van der Waals surface area (Å²) in [4.78, 5) is 0. The van der Waals surface area contributed by atoms with Crippen LogP contribution in [0.5, 0.6) is 0 Å². The third kappa shape index (κ3) is 3.75. The molecule has 4 aromatic rings. The zero-order chi connectivity index (χ0) is 20.5. The number of benzene rings is 4. The molecule has 0 amide bonds. The van der Waals surface area contributed by atoms with E-state index >= 15 is 4.39 Å². The van der Waals surface area contributed by atoms with Crippen LogP contribution in [0.15, 0.2) is 66.7 Å². The summed E-state index contributed by atoms with van der Waals surface area (Å²) < 4.78 is 44.7. The zero-order valence-corrected chi connectivity index (χ0v) is 16.5. The number of hydrogen-bond acceptors (Lipinski definition) is 0. The van der Waals surface area contributed by atoms with Crippen LogP contribution in [0.4, 0.5) is 13.2 Å². The van der Waals surface area contributed by atoms with E-state index in [9.17, 15) is 8.78 Å². The fourth-order valence-corrected chi connectivity index (χ4v) is 3.76. The van der Waals surface area contributed by atoms with E-state index in [0.29, 0.717) is 16.0 Å². The monoisotopic (exact) mass is 410 g/mol. The summed E-state index contributed by atoms with van der Waals surface area (Å²) >= 11 is 5.85. The van der Waals surface area contributed by atoms with Crippen LogP contribution in [0.1, 0.15) is 18.9 Å². The number of hydrogen-bond donors (Lipinski definition) is 0. The van der Waals surface area contributed by atoms with Crippen molar-refractivity contribution in [3.63, 3.8) is 0 Å². The maximum Gasteiger partial charge on any atom is 0.138 e. The molecule has 4 aromatic carbocycles. The number of aryl methyl sites for hydroxylation is 1. The second kappa shape index (κ2) is 7.92. The molecule has 0 saturated heterocycles. The van der Waals surface area contributed by atoms with E-state index in [4.69, 9.17) is 11.6 Å². The number of fused-ring (bicyclic) bond motifs is 1. The van der Waals surface area contributed by atoms with Crippen LogP contribution in [-0.2, 0) is 6.42 Å². The van der Waals surface area contributed by atoms with Crippen molar-refractivity contribution in [1.29, 1.82) is 0 Å². The number of halogens is 4. The first-order valence-electron chi connectivity index (χ1n) is 9.44. The van der Waals surface area contributed by atoms with E-state index in [2.05, 4.69) is 6.92 Å². The zero-order valence-electron chi connectivity index (χ0n) is 15.8. The normalized spacial score (nSPS) is 11.2. The molecule has 0 N–H and O–H groups in total. The van der Waals surface area contributed by atoms with Gasteiger partial charge in [-0.2, -0.15) is 0 Å². The van der Waals surface area contributed by atoms with Crippen molar-refractivity contribution in [3.8, 4) is 22.3 Å². The molecule has 0 radical (unpaired) electrons. The fourth-order valence-electron chi connectivity index (χ4n) is 3.63. The van der Waals surface area contributed by atoms with E-state index in [1.165, 1.54) is 12.1 Å². The van der Waals surface area contributed by atoms with Crippen molar-refractivity contribution < 1.29 is 13.2 Å². The summed E-state index contributed by atoms with van der Waals surface area (Å²) in [5, 5.41) is 1.69. The first-order valence-corrected chi connectivity index (χ1v) is 9.82. The first kappa shape index (κ1) is 19.5. The molecule has 146 valence electrons. The molecule has 0 bridgehead atoms. The van der Waals surface area contributed by atoms with E-state index in [-0.39, 0.29) is 16.7 Å². The smallest absolute Gasteiger partial charge is 0.138 e. The van der Waals surface area contributed by atoms with Gasteiger partial charge in [-0.1, -0.05) is 67.4 Å². The van der Waals surface area contributed by atoms with Crippen molar-refractivity contribution in [2.75, 3.05) is 0 Å². The lowest BCUT2D eigenvalue weighted by Crippen LogP contribution is -1.94. The van der Waals surface area contributed by atoms with E-state index < -0.39 is 17.5 Å². The molecule has 0 aliphatic carbocycles. The van der Waals surface area contributed by atoms with Gasteiger partial charge in [-0.3, -0.25) is 0 Å². The van der Waals surface area contributed by atoms with Crippen molar-refractivity contribution >= 4 is 22.4 Å². The molecular weight excluding hydrogens is 393 g/mol. The lowest BCUT2D eigenvalue weighted by atomic mass is 9.95. The first-order chi connectivity index (χ1) is 14.0. The molecule has 0 aliphatic heterocycles. The summed E-state index contributed by atoms with van der Waals surface area (Å²) in [6.07, 6.45) is 1.92. The van der Waals surface area contributed by atoms with Gasteiger partial charge in [0.1, 0.15) is 17.5 Å². The quantitative estimate of drug-likeness (QED) is 0.318. The minimum atomic E-state index is -0.750. The number of rotatable bonds is 4. The Balaban J connectivity index is 1.80. The summed E-state index contributed by atoms with van der Waals surface area (Å²) in [6.45, 7) is 2.09. The highest BCUT2D eigenvalue weighted by molar-refractivity contribution is 6.30. The predicted molar refractivity (Wildman–Crippen MR) is 114 cm³/mol. The molecule has 29 heavy (non-hydrogen) atoms. The van der Waals surface area contributed by atoms with Crippen LogP contribution in [0, 0.1) is 17.5 Å². The van der Waals surface area contributed by atoms with Gasteiger partial charge in [-0.15, -0.1) is 0 Å². The van der Waals surface area contributed by atoms with Gasteiger partial charge in [0.05, 0.1) is 5.56 Å². The van der Waals surface area contributed by atoms with Crippen LogP contribution in [-0.4, -0.2) is 0 Å². The maximum atomic E-state index is 15.1. The molecule has 0 heterocycles.